The Bertz CT molecular complexity index is 283. The molecule has 0 saturated carbocycles. The van der Waals surface area contributed by atoms with Crippen LogP contribution in [0.5, 0.6) is 0 Å². The van der Waals surface area contributed by atoms with Crippen LogP contribution in [0.15, 0.2) is 11.3 Å². The van der Waals surface area contributed by atoms with Crippen LogP contribution in [0.2, 0.25) is 0 Å². The summed E-state index contributed by atoms with van der Waals surface area (Å²) in [6.45, 7) is 2.30. The average molecular weight is 195 g/mol. The van der Waals surface area contributed by atoms with Crippen molar-refractivity contribution in [3.63, 3.8) is 0 Å². The van der Waals surface area contributed by atoms with Gasteiger partial charge >= 0.3 is 0 Å². The van der Waals surface area contributed by atoms with Crippen molar-refractivity contribution < 1.29 is 9.90 Å². The number of aliphatic hydroxyl groups is 1. The maximum atomic E-state index is 11.4. The van der Waals surface area contributed by atoms with Gasteiger partial charge in [-0.15, -0.1) is 0 Å². The summed E-state index contributed by atoms with van der Waals surface area (Å²) in [5.74, 6) is 0.117. The van der Waals surface area contributed by atoms with Gasteiger partial charge in [0.2, 0.25) is 5.91 Å². The van der Waals surface area contributed by atoms with Crippen molar-refractivity contribution in [1.29, 1.82) is 0 Å². The van der Waals surface area contributed by atoms with Crippen LogP contribution in [-0.2, 0) is 4.79 Å². The largest absolute Gasteiger partial charge is 0.389 e. The van der Waals surface area contributed by atoms with Crippen LogP contribution in [0.1, 0.15) is 39.0 Å². The van der Waals surface area contributed by atoms with E-state index in [1.54, 1.807) is 6.92 Å². The van der Waals surface area contributed by atoms with Crippen molar-refractivity contribution in [2.45, 2.75) is 45.1 Å². The minimum Gasteiger partial charge on any atom is -0.389 e. The van der Waals surface area contributed by atoms with Gasteiger partial charge in [-0.2, -0.15) is 0 Å². The highest BCUT2D eigenvalue weighted by Crippen LogP contribution is 2.33. The van der Waals surface area contributed by atoms with Crippen LogP contribution < -0.4 is 0 Å². The Hall–Kier alpha value is -0.830. The first-order valence-electron chi connectivity index (χ1n) is 5.38. The molecule has 1 aliphatic carbocycles. The molecule has 0 aromatic rings. The first kappa shape index (κ1) is 9.71. The topological polar surface area (TPSA) is 40.5 Å². The smallest absolute Gasteiger partial charge is 0.223 e. The predicted molar refractivity (Wildman–Crippen MR) is 53.5 cm³/mol. The van der Waals surface area contributed by atoms with Crippen molar-refractivity contribution in [1.82, 2.24) is 4.90 Å². The number of nitrogens with zero attached hydrogens (tertiary/aromatic N) is 1. The molecule has 0 aromatic heterocycles. The Labute approximate surface area is 84.4 Å². The van der Waals surface area contributed by atoms with E-state index >= 15 is 0 Å². The van der Waals surface area contributed by atoms with Gasteiger partial charge in [-0.05, 0) is 37.7 Å². The second-order valence-electron chi connectivity index (χ2n) is 4.15. The maximum absolute atomic E-state index is 11.4. The maximum Gasteiger partial charge on any atom is 0.223 e. The summed E-state index contributed by atoms with van der Waals surface area (Å²) in [4.78, 5) is 13.2. The summed E-state index contributed by atoms with van der Waals surface area (Å²) >= 11 is 0. The van der Waals surface area contributed by atoms with E-state index in [9.17, 15) is 9.90 Å². The molecule has 0 saturated heterocycles. The third-order valence-electron chi connectivity index (χ3n) is 3.21. The van der Waals surface area contributed by atoms with Gasteiger partial charge in [0.25, 0.3) is 0 Å². The molecule has 1 aliphatic heterocycles. The number of carbonyl (C=O) groups is 1. The fraction of sp³-hybridized carbons (Fsp3) is 0.727. The van der Waals surface area contributed by atoms with E-state index in [0.29, 0.717) is 13.0 Å². The van der Waals surface area contributed by atoms with E-state index in [4.69, 9.17) is 0 Å². The quantitative estimate of drug-likeness (QED) is 0.635. The minimum atomic E-state index is -0.291. The van der Waals surface area contributed by atoms with Crippen LogP contribution in [0.25, 0.3) is 0 Å². The number of hydrogen-bond acceptors (Lipinski definition) is 2. The second-order valence-corrected chi connectivity index (χ2v) is 4.15. The molecule has 2 rings (SSSR count). The fourth-order valence-electron chi connectivity index (χ4n) is 2.49. The molecule has 0 bridgehead atoms. The van der Waals surface area contributed by atoms with Crippen LogP contribution in [0.3, 0.4) is 0 Å². The van der Waals surface area contributed by atoms with E-state index < -0.39 is 0 Å². The Morgan fingerprint density at radius 3 is 2.86 bits per heavy atom. The molecule has 0 radical (unpaired) electrons. The highest BCUT2D eigenvalue weighted by molar-refractivity contribution is 5.75. The van der Waals surface area contributed by atoms with Gasteiger partial charge in [0, 0.05) is 19.2 Å². The minimum absolute atomic E-state index is 0.117. The molecule has 3 heteroatoms. The molecule has 1 amide bonds. The molecule has 14 heavy (non-hydrogen) atoms. The molecule has 3 nitrogen and oxygen atoms in total. The summed E-state index contributed by atoms with van der Waals surface area (Å²) in [5.41, 5.74) is 2.24. The van der Waals surface area contributed by atoms with Crippen molar-refractivity contribution in [3.8, 4) is 0 Å². The first-order chi connectivity index (χ1) is 6.70. The lowest BCUT2D eigenvalue weighted by Gasteiger charge is -2.36. The summed E-state index contributed by atoms with van der Waals surface area (Å²) < 4.78 is 0. The molecule has 2 aliphatic rings. The average Bonchev–Trinajstić information content (AvgIpc) is 2.18. The number of aliphatic hydroxyl groups excluding tert-OH is 1. The highest BCUT2D eigenvalue weighted by Gasteiger charge is 2.29. The Kier molecular flexibility index (Phi) is 2.59. The van der Waals surface area contributed by atoms with E-state index in [0.717, 1.165) is 37.0 Å². The number of carbonyl (C=O) groups excluding carboxylic acids is 1. The van der Waals surface area contributed by atoms with Gasteiger partial charge in [0.1, 0.15) is 0 Å². The van der Waals surface area contributed by atoms with Gasteiger partial charge in [0.15, 0.2) is 0 Å². The van der Waals surface area contributed by atoms with Crippen molar-refractivity contribution >= 4 is 5.91 Å². The van der Waals surface area contributed by atoms with E-state index in [2.05, 4.69) is 0 Å². The van der Waals surface area contributed by atoms with E-state index in [1.165, 1.54) is 0 Å². The van der Waals surface area contributed by atoms with Crippen molar-refractivity contribution in [2.75, 3.05) is 6.54 Å². The molecule has 1 atom stereocenters. The SMILES string of the molecule is CC(=O)N1CCC(O)C2=C1CCCC2. The molecular weight excluding hydrogens is 178 g/mol. The van der Waals surface area contributed by atoms with Gasteiger partial charge in [-0.25, -0.2) is 0 Å². The molecular formula is C11H17NO2. The number of amides is 1. The zero-order valence-electron chi connectivity index (χ0n) is 8.62. The molecule has 1 N–H and O–H groups in total. The molecule has 0 fully saturated rings. The normalized spacial score (nSPS) is 27.6. The van der Waals surface area contributed by atoms with Gasteiger partial charge < -0.3 is 10.0 Å². The summed E-state index contributed by atoms with van der Waals surface area (Å²) in [5, 5.41) is 9.81. The van der Waals surface area contributed by atoms with Crippen molar-refractivity contribution in [3.05, 3.63) is 11.3 Å². The van der Waals surface area contributed by atoms with Crippen molar-refractivity contribution in [2.24, 2.45) is 0 Å². The molecule has 0 aromatic carbocycles. The lowest BCUT2D eigenvalue weighted by Crippen LogP contribution is -2.39. The van der Waals surface area contributed by atoms with Gasteiger partial charge in [-0.3, -0.25) is 4.79 Å². The lowest BCUT2D eigenvalue weighted by molar-refractivity contribution is -0.128. The predicted octanol–water partition coefficient (Wildman–Crippen LogP) is 1.43. The third kappa shape index (κ3) is 1.57. The first-order valence-corrected chi connectivity index (χ1v) is 5.38. The van der Waals surface area contributed by atoms with E-state index in [1.807, 2.05) is 4.90 Å². The van der Waals surface area contributed by atoms with Crippen LogP contribution in [0.4, 0.5) is 0 Å². The van der Waals surface area contributed by atoms with E-state index in [-0.39, 0.29) is 12.0 Å². The summed E-state index contributed by atoms with van der Waals surface area (Å²) in [6.07, 6.45) is 4.66. The molecule has 0 spiro atoms. The summed E-state index contributed by atoms with van der Waals surface area (Å²) in [7, 11) is 0. The zero-order valence-corrected chi connectivity index (χ0v) is 8.62. The van der Waals surface area contributed by atoms with Crippen LogP contribution in [0, 0.1) is 0 Å². The number of allylic oxidation sites excluding steroid dienone is 1. The lowest BCUT2D eigenvalue weighted by atomic mass is 9.87. The van der Waals surface area contributed by atoms with Gasteiger partial charge in [-0.1, -0.05) is 0 Å². The molecule has 1 unspecified atom stereocenters. The van der Waals surface area contributed by atoms with Gasteiger partial charge in [0.05, 0.1) is 6.10 Å². The number of hydrogen-bond donors (Lipinski definition) is 1. The second kappa shape index (κ2) is 3.73. The Morgan fingerprint density at radius 1 is 1.43 bits per heavy atom. The Balaban J connectivity index is 2.31. The summed E-state index contributed by atoms with van der Waals surface area (Å²) in [6, 6.07) is 0. The zero-order chi connectivity index (χ0) is 10.1. The fourth-order valence-corrected chi connectivity index (χ4v) is 2.49. The monoisotopic (exact) mass is 195 g/mol. The Morgan fingerprint density at radius 2 is 2.14 bits per heavy atom. The van der Waals surface area contributed by atoms with Crippen LogP contribution in [-0.4, -0.2) is 28.6 Å². The number of rotatable bonds is 0. The highest BCUT2D eigenvalue weighted by atomic mass is 16.3. The standard InChI is InChI=1S/C11H17NO2/c1-8(13)12-7-6-11(14)9-4-2-3-5-10(9)12/h11,14H,2-7H2,1H3. The van der Waals surface area contributed by atoms with Crippen LogP contribution >= 0.6 is 0 Å². The third-order valence-corrected chi connectivity index (χ3v) is 3.21. The molecule has 78 valence electrons. The molecule has 1 heterocycles.